The molecule has 2 N–H and O–H groups in total. The average molecular weight is 667 g/mol. The number of alkyl halides is 6. The first-order chi connectivity index (χ1) is 20.6. The molecule has 256 valence electrons. The molecule has 45 heavy (non-hydrogen) atoms. The fraction of sp³-hybridized carbons (Fsp3) is 0.824. The second-order valence-electron chi connectivity index (χ2n) is 15.7. The van der Waals surface area contributed by atoms with Crippen molar-refractivity contribution in [3.63, 3.8) is 0 Å². The number of halogens is 6. The predicted molar refractivity (Wildman–Crippen MR) is 159 cm³/mol. The average Bonchev–Trinajstić information content (AvgIpc) is 3.31. The highest BCUT2D eigenvalue weighted by Crippen LogP contribution is 2.74. The Bertz CT molecular complexity index is 1330. The summed E-state index contributed by atoms with van der Waals surface area (Å²) in [6.07, 6.45) is -8.99. The van der Waals surface area contributed by atoms with Gasteiger partial charge in [0, 0.05) is 0 Å². The Hall–Kier alpha value is -1.33. The van der Waals surface area contributed by atoms with Crippen LogP contribution in [0.15, 0.2) is 35.2 Å². The number of hydrogen-bond acceptors (Lipinski definition) is 4. The van der Waals surface area contributed by atoms with Gasteiger partial charge in [0.2, 0.25) is 0 Å². The van der Waals surface area contributed by atoms with Gasteiger partial charge in [-0.15, -0.1) is 0 Å². The van der Waals surface area contributed by atoms with Crippen molar-refractivity contribution in [2.75, 3.05) is 0 Å². The molecule has 4 nitrogen and oxygen atoms in total. The molecule has 1 aromatic carbocycles. The van der Waals surface area contributed by atoms with Crippen molar-refractivity contribution in [1.82, 2.24) is 0 Å². The lowest BCUT2D eigenvalue weighted by atomic mass is 9.38. The van der Waals surface area contributed by atoms with E-state index in [2.05, 4.69) is 20.8 Å². The molecule has 4 fully saturated rings. The second kappa shape index (κ2) is 11.4. The fourth-order valence-corrected chi connectivity index (χ4v) is 13.4. The van der Waals surface area contributed by atoms with Crippen molar-refractivity contribution in [3.8, 4) is 0 Å². The summed E-state index contributed by atoms with van der Waals surface area (Å²) in [4.78, 5) is 0.0566. The van der Waals surface area contributed by atoms with Gasteiger partial charge < -0.3 is 10.2 Å². The van der Waals surface area contributed by atoms with Gasteiger partial charge in [0.15, 0.2) is 15.4 Å². The normalized spacial score (nSPS) is 41.0. The minimum atomic E-state index is -4.84. The van der Waals surface area contributed by atoms with E-state index >= 15 is 0 Å². The quantitative estimate of drug-likeness (QED) is 0.286. The van der Waals surface area contributed by atoms with E-state index in [0.717, 1.165) is 32.1 Å². The molecule has 4 aliphatic carbocycles. The van der Waals surface area contributed by atoms with Crippen LogP contribution in [-0.2, 0) is 9.84 Å². The van der Waals surface area contributed by atoms with Crippen molar-refractivity contribution in [3.05, 3.63) is 30.3 Å². The predicted octanol–water partition coefficient (Wildman–Crippen LogP) is 8.51. The van der Waals surface area contributed by atoms with Crippen molar-refractivity contribution < 1.29 is 45.0 Å². The summed E-state index contributed by atoms with van der Waals surface area (Å²) in [5, 5.41) is 19.3. The zero-order chi connectivity index (χ0) is 33.4. The summed E-state index contributed by atoms with van der Waals surface area (Å²) >= 11 is 0. The van der Waals surface area contributed by atoms with Gasteiger partial charge in [0.25, 0.3) is 0 Å². The van der Waals surface area contributed by atoms with Gasteiger partial charge in [0.1, 0.15) is 6.10 Å². The SMILES string of the molecule is C[C@H](C(CC[C@H](O)C(F)(F)F)S(=O)(=O)c1ccccc1)[C@H]1CC[C@H]2[C@]3(C)CC[C@H]4C[C@](O)(C(F)(F)F)CC[C@]4(C)[C@H]3CC[C@@]21C. The van der Waals surface area contributed by atoms with Crippen molar-refractivity contribution in [1.29, 1.82) is 0 Å². The third-order valence-electron chi connectivity index (χ3n) is 13.7. The third-order valence-corrected chi connectivity index (χ3v) is 16.1. The maximum atomic E-state index is 14.0. The molecule has 0 amide bonds. The van der Waals surface area contributed by atoms with Crippen LogP contribution in [0.5, 0.6) is 0 Å². The van der Waals surface area contributed by atoms with Gasteiger partial charge in [0.05, 0.1) is 10.1 Å². The summed E-state index contributed by atoms with van der Waals surface area (Å²) in [7, 11) is -4.02. The van der Waals surface area contributed by atoms with Crippen LogP contribution < -0.4 is 0 Å². The van der Waals surface area contributed by atoms with Gasteiger partial charge in [-0.3, -0.25) is 0 Å². The minimum Gasteiger partial charge on any atom is -0.384 e. The van der Waals surface area contributed by atoms with Crippen LogP contribution >= 0.6 is 0 Å². The molecule has 0 radical (unpaired) electrons. The standard InChI is InChI=1S/C34H48F6O4S/c1-21(25(11-13-28(41)33(35,36)37)45(43,44)23-8-6-5-7-9-23)24-10-12-26-30(24,3)17-15-27-29(2)18-19-32(42,34(38,39)40)20-22(29)14-16-31(26,27)4/h5-9,21-22,24-28,41-42H,10-20H2,1-4H3/t21-,22-,24+,25?,26+,27+,28-,29-,30+,31-,32-/m0/s1. The molecule has 11 heteroatoms. The number of aliphatic hydroxyl groups is 2. The molecule has 4 saturated carbocycles. The van der Waals surface area contributed by atoms with Crippen LogP contribution in [0.2, 0.25) is 0 Å². The molecule has 0 bridgehead atoms. The summed E-state index contributed by atoms with van der Waals surface area (Å²) < 4.78 is 109. The molecular formula is C34H48F6O4S. The van der Waals surface area contributed by atoms with Gasteiger partial charge in [-0.1, -0.05) is 45.9 Å². The summed E-state index contributed by atoms with van der Waals surface area (Å²) in [5.41, 5.74) is -3.47. The van der Waals surface area contributed by atoms with E-state index in [0.29, 0.717) is 12.8 Å². The molecule has 11 atom stereocenters. The van der Waals surface area contributed by atoms with Crippen LogP contribution in [0.1, 0.15) is 98.3 Å². The Labute approximate surface area is 263 Å². The molecule has 5 rings (SSSR count). The van der Waals surface area contributed by atoms with E-state index in [4.69, 9.17) is 0 Å². The zero-order valence-electron chi connectivity index (χ0n) is 26.6. The highest BCUT2D eigenvalue weighted by Gasteiger charge is 2.68. The van der Waals surface area contributed by atoms with Crippen molar-refractivity contribution in [2.45, 2.75) is 133 Å². The van der Waals surface area contributed by atoms with Gasteiger partial charge in [-0.25, -0.2) is 8.42 Å². The monoisotopic (exact) mass is 666 g/mol. The molecule has 0 aliphatic heterocycles. The lowest BCUT2D eigenvalue weighted by Gasteiger charge is -2.67. The molecule has 0 saturated heterocycles. The number of fused-ring (bicyclic) bond motifs is 5. The lowest BCUT2D eigenvalue weighted by molar-refractivity contribution is -0.294. The Morgan fingerprint density at radius 1 is 0.822 bits per heavy atom. The van der Waals surface area contributed by atoms with E-state index in [1.54, 1.807) is 18.2 Å². The molecule has 0 spiro atoms. The molecule has 0 aromatic heterocycles. The van der Waals surface area contributed by atoms with Crippen LogP contribution in [0.25, 0.3) is 0 Å². The Morgan fingerprint density at radius 2 is 1.42 bits per heavy atom. The van der Waals surface area contributed by atoms with Crippen LogP contribution in [0, 0.1) is 45.8 Å². The van der Waals surface area contributed by atoms with E-state index in [9.17, 15) is 45.0 Å². The van der Waals surface area contributed by atoms with Crippen molar-refractivity contribution >= 4 is 9.84 Å². The van der Waals surface area contributed by atoms with Crippen LogP contribution in [0.3, 0.4) is 0 Å². The fourth-order valence-electron chi connectivity index (χ4n) is 11.3. The topological polar surface area (TPSA) is 74.6 Å². The maximum Gasteiger partial charge on any atom is 0.417 e. The highest BCUT2D eigenvalue weighted by molar-refractivity contribution is 7.92. The van der Waals surface area contributed by atoms with E-state index < -0.39 is 51.5 Å². The van der Waals surface area contributed by atoms with Crippen LogP contribution in [-0.4, -0.2) is 47.9 Å². The van der Waals surface area contributed by atoms with Gasteiger partial charge in [-0.2, -0.15) is 26.3 Å². The molecule has 1 aromatic rings. The smallest absolute Gasteiger partial charge is 0.384 e. The van der Waals surface area contributed by atoms with Gasteiger partial charge in [-0.05, 0) is 129 Å². The van der Waals surface area contributed by atoms with Crippen LogP contribution in [0.4, 0.5) is 26.3 Å². The number of hydrogen-bond donors (Lipinski definition) is 2. The van der Waals surface area contributed by atoms with Gasteiger partial charge >= 0.3 is 12.4 Å². The molecule has 1 unspecified atom stereocenters. The molecular weight excluding hydrogens is 618 g/mol. The molecule has 4 aliphatic rings. The highest BCUT2D eigenvalue weighted by atomic mass is 32.2. The zero-order valence-corrected chi connectivity index (χ0v) is 27.4. The number of rotatable bonds is 7. The largest absolute Gasteiger partial charge is 0.417 e. The minimum absolute atomic E-state index is 0.0566. The first-order valence-electron chi connectivity index (χ1n) is 16.4. The summed E-state index contributed by atoms with van der Waals surface area (Å²) in [6.45, 7) is 8.41. The first-order valence-corrected chi connectivity index (χ1v) is 18.0. The maximum absolute atomic E-state index is 14.0. The third kappa shape index (κ3) is 5.66. The summed E-state index contributed by atoms with van der Waals surface area (Å²) in [5.74, 6) is -0.442. The summed E-state index contributed by atoms with van der Waals surface area (Å²) in [6, 6.07) is 7.78. The molecule has 0 heterocycles. The van der Waals surface area contributed by atoms with Crippen molar-refractivity contribution in [2.24, 2.45) is 45.8 Å². The number of aliphatic hydroxyl groups excluding tert-OH is 1. The lowest BCUT2D eigenvalue weighted by Crippen LogP contribution is -2.62. The van der Waals surface area contributed by atoms with E-state index in [-0.39, 0.29) is 64.1 Å². The number of benzene rings is 1. The number of sulfone groups is 1. The Balaban J connectivity index is 1.43. The Kier molecular flexibility index (Phi) is 8.85. The van der Waals surface area contributed by atoms with E-state index in [1.165, 1.54) is 12.1 Å². The second-order valence-corrected chi connectivity index (χ2v) is 17.9. The Morgan fingerprint density at radius 3 is 2.02 bits per heavy atom. The first kappa shape index (κ1) is 35.0. The van der Waals surface area contributed by atoms with E-state index in [1.807, 2.05) is 6.92 Å².